The van der Waals surface area contributed by atoms with Crippen LogP contribution in [0.15, 0.2) is 0 Å². The Morgan fingerprint density at radius 1 is 1.33 bits per heavy atom. The molecule has 0 aliphatic carbocycles. The third kappa shape index (κ3) is 4.43. The molecule has 0 unspecified atom stereocenters. The van der Waals surface area contributed by atoms with Gasteiger partial charge in [-0.2, -0.15) is 0 Å². The van der Waals surface area contributed by atoms with E-state index in [-0.39, 0.29) is 12.1 Å². The van der Waals surface area contributed by atoms with Gasteiger partial charge in [0.2, 0.25) is 0 Å². The van der Waals surface area contributed by atoms with Crippen molar-refractivity contribution in [1.29, 1.82) is 0 Å². The van der Waals surface area contributed by atoms with Crippen LogP contribution in [0.3, 0.4) is 0 Å². The molecule has 0 spiro atoms. The summed E-state index contributed by atoms with van der Waals surface area (Å²) in [7, 11) is 0. The van der Waals surface area contributed by atoms with E-state index in [1.54, 1.807) is 20.8 Å². The fourth-order valence-electron chi connectivity index (χ4n) is 1.97. The van der Waals surface area contributed by atoms with E-state index < -0.39 is 17.8 Å². The Morgan fingerprint density at radius 2 is 1.94 bits per heavy atom. The molecule has 1 rings (SSSR count). The maximum Gasteiger partial charge on any atom is 0.407 e. The summed E-state index contributed by atoms with van der Waals surface area (Å²) >= 11 is 0. The van der Waals surface area contributed by atoms with Gasteiger partial charge in [0, 0.05) is 18.6 Å². The quantitative estimate of drug-likeness (QED) is 0.754. The van der Waals surface area contributed by atoms with Crippen molar-refractivity contribution in [2.45, 2.75) is 58.2 Å². The maximum absolute atomic E-state index is 11.6. The molecule has 0 radical (unpaired) electrons. The number of hydrogen-bond acceptors (Lipinski definition) is 3. The van der Waals surface area contributed by atoms with E-state index in [4.69, 9.17) is 9.84 Å². The van der Waals surface area contributed by atoms with Crippen molar-refractivity contribution < 1.29 is 19.4 Å². The molecule has 0 bridgehead atoms. The Labute approximate surface area is 107 Å². The van der Waals surface area contributed by atoms with Crippen LogP contribution in [0.2, 0.25) is 0 Å². The Bertz CT molecular complexity index is 325. The zero-order valence-electron chi connectivity index (χ0n) is 11.4. The summed E-state index contributed by atoms with van der Waals surface area (Å²) in [6.07, 6.45) is 0.0716. The lowest BCUT2D eigenvalue weighted by Crippen LogP contribution is -2.53. The second-order valence-electron chi connectivity index (χ2n) is 5.70. The smallest absolute Gasteiger partial charge is 0.407 e. The maximum atomic E-state index is 11.6. The zero-order valence-corrected chi connectivity index (χ0v) is 11.4. The number of ether oxygens (including phenoxy) is 1. The molecule has 18 heavy (non-hydrogen) atoms. The Hall–Kier alpha value is -1.46. The second-order valence-corrected chi connectivity index (χ2v) is 5.70. The van der Waals surface area contributed by atoms with Crippen LogP contribution < -0.4 is 5.32 Å². The first-order valence-corrected chi connectivity index (χ1v) is 6.18. The first kappa shape index (κ1) is 14.6. The Kier molecular flexibility index (Phi) is 4.43. The largest absolute Gasteiger partial charge is 0.465 e. The first-order chi connectivity index (χ1) is 8.19. The molecule has 2 N–H and O–H groups in total. The molecule has 2 atom stereocenters. The van der Waals surface area contributed by atoms with E-state index in [0.29, 0.717) is 6.54 Å². The summed E-state index contributed by atoms with van der Waals surface area (Å²) in [5.41, 5.74) is -0.543. The van der Waals surface area contributed by atoms with Crippen molar-refractivity contribution in [1.82, 2.24) is 10.2 Å². The van der Waals surface area contributed by atoms with Gasteiger partial charge in [-0.05, 0) is 40.5 Å². The number of carboxylic acid groups (broad SMARTS) is 1. The normalized spacial score (nSPS) is 24.6. The van der Waals surface area contributed by atoms with Gasteiger partial charge in [0.05, 0.1) is 0 Å². The Morgan fingerprint density at radius 3 is 2.44 bits per heavy atom. The molecule has 0 saturated carbocycles. The molecule has 1 fully saturated rings. The van der Waals surface area contributed by atoms with Crippen LogP contribution in [-0.2, 0) is 4.74 Å². The predicted molar refractivity (Wildman–Crippen MR) is 66.6 cm³/mol. The van der Waals surface area contributed by atoms with Crippen LogP contribution in [0.5, 0.6) is 0 Å². The topological polar surface area (TPSA) is 78.9 Å². The average molecular weight is 258 g/mol. The van der Waals surface area contributed by atoms with Gasteiger partial charge in [0.1, 0.15) is 5.60 Å². The van der Waals surface area contributed by atoms with Crippen molar-refractivity contribution in [3.8, 4) is 0 Å². The molecule has 1 aliphatic heterocycles. The van der Waals surface area contributed by atoms with Crippen LogP contribution in [-0.4, -0.2) is 46.4 Å². The monoisotopic (exact) mass is 258 g/mol. The van der Waals surface area contributed by atoms with Crippen LogP contribution >= 0.6 is 0 Å². The Balaban J connectivity index is 2.49. The molecule has 2 amide bonds. The second kappa shape index (κ2) is 5.46. The SMILES string of the molecule is C[C@H]1CC[C@H](NC(=O)OC(C)(C)C)CN1C(=O)O. The van der Waals surface area contributed by atoms with Gasteiger partial charge in [-0.15, -0.1) is 0 Å². The third-order valence-corrected chi connectivity index (χ3v) is 2.85. The highest BCUT2D eigenvalue weighted by atomic mass is 16.6. The highest BCUT2D eigenvalue weighted by Crippen LogP contribution is 2.17. The lowest BCUT2D eigenvalue weighted by atomic mass is 10.00. The van der Waals surface area contributed by atoms with Gasteiger partial charge in [0.25, 0.3) is 0 Å². The third-order valence-electron chi connectivity index (χ3n) is 2.85. The van der Waals surface area contributed by atoms with Crippen molar-refractivity contribution >= 4 is 12.2 Å². The lowest BCUT2D eigenvalue weighted by Gasteiger charge is -2.36. The number of hydrogen-bond donors (Lipinski definition) is 2. The number of amides is 2. The molecule has 0 aromatic rings. The van der Waals surface area contributed by atoms with E-state index in [0.717, 1.165) is 12.8 Å². The molecule has 1 heterocycles. The molecule has 1 saturated heterocycles. The minimum Gasteiger partial charge on any atom is -0.465 e. The van der Waals surface area contributed by atoms with E-state index in [9.17, 15) is 9.59 Å². The molecule has 6 nitrogen and oxygen atoms in total. The molecule has 0 aromatic heterocycles. The summed E-state index contributed by atoms with van der Waals surface area (Å²) < 4.78 is 5.15. The van der Waals surface area contributed by atoms with Crippen molar-refractivity contribution in [2.75, 3.05) is 6.54 Å². The highest BCUT2D eigenvalue weighted by Gasteiger charge is 2.30. The molecule has 1 aliphatic rings. The summed E-state index contributed by atoms with van der Waals surface area (Å²) in [6.45, 7) is 7.56. The number of nitrogens with one attached hydrogen (secondary N) is 1. The van der Waals surface area contributed by atoms with Gasteiger partial charge >= 0.3 is 12.2 Å². The van der Waals surface area contributed by atoms with Crippen molar-refractivity contribution in [3.63, 3.8) is 0 Å². The average Bonchev–Trinajstić information content (AvgIpc) is 2.17. The fraction of sp³-hybridized carbons (Fsp3) is 0.833. The zero-order chi connectivity index (χ0) is 13.9. The minimum atomic E-state index is -0.946. The van der Waals surface area contributed by atoms with E-state index in [2.05, 4.69) is 5.32 Å². The number of likely N-dealkylation sites (tertiary alicyclic amines) is 1. The van der Waals surface area contributed by atoms with Gasteiger partial charge in [-0.3, -0.25) is 0 Å². The van der Waals surface area contributed by atoms with Gasteiger partial charge in [0.15, 0.2) is 0 Å². The van der Waals surface area contributed by atoms with Crippen molar-refractivity contribution in [2.24, 2.45) is 0 Å². The van der Waals surface area contributed by atoms with Crippen LogP contribution in [0.25, 0.3) is 0 Å². The minimum absolute atomic E-state index is 0.000753. The summed E-state index contributed by atoms with van der Waals surface area (Å²) in [6, 6.07) is -0.175. The lowest BCUT2D eigenvalue weighted by molar-refractivity contribution is 0.0445. The number of nitrogens with zero attached hydrogens (tertiary/aromatic N) is 1. The van der Waals surface area contributed by atoms with E-state index >= 15 is 0 Å². The number of carbonyl (C=O) groups excluding carboxylic acids is 1. The van der Waals surface area contributed by atoms with E-state index in [1.165, 1.54) is 4.90 Å². The van der Waals surface area contributed by atoms with Crippen LogP contribution in [0.4, 0.5) is 9.59 Å². The molecule has 104 valence electrons. The fourth-order valence-corrected chi connectivity index (χ4v) is 1.97. The molecular formula is C12H22N2O4. The first-order valence-electron chi connectivity index (χ1n) is 6.18. The predicted octanol–water partition coefficient (Wildman–Crippen LogP) is 2.04. The van der Waals surface area contributed by atoms with E-state index in [1.807, 2.05) is 6.92 Å². The molecular weight excluding hydrogens is 236 g/mol. The van der Waals surface area contributed by atoms with Gasteiger partial charge in [-0.25, -0.2) is 9.59 Å². The number of rotatable bonds is 1. The molecule has 0 aromatic carbocycles. The number of carbonyl (C=O) groups is 2. The summed E-state index contributed by atoms with van der Waals surface area (Å²) in [5.74, 6) is 0. The summed E-state index contributed by atoms with van der Waals surface area (Å²) in [4.78, 5) is 23.9. The highest BCUT2D eigenvalue weighted by molar-refractivity contribution is 5.69. The van der Waals surface area contributed by atoms with Crippen molar-refractivity contribution in [3.05, 3.63) is 0 Å². The number of alkyl carbamates (subject to hydrolysis) is 1. The van der Waals surface area contributed by atoms with Crippen LogP contribution in [0.1, 0.15) is 40.5 Å². The molecule has 6 heteroatoms. The van der Waals surface area contributed by atoms with Crippen LogP contribution in [0, 0.1) is 0 Å². The standard InChI is InChI=1S/C12H22N2O4/c1-8-5-6-9(7-14(8)11(16)17)13-10(15)18-12(2,3)4/h8-9H,5-7H2,1-4H3,(H,13,15)(H,16,17)/t8-,9-/m0/s1. The number of piperidine rings is 1. The van der Waals surface area contributed by atoms with Gasteiger partial charge < -0.3 is 20.1 Å². The summed E-state index contributed by atoms with van der Waals surface area (Å²) in [5, 5.41) is 11.7. The van der Waals surface area contributed by atoms with Gasteiger partial charge in [-0.1, -0.05) is 0 Å².